The van der Waals surface area contributed by atoms with E-state index in [1.807, 2.05) is 0 Å². The monoisotopic (exact) mass is 195 g/mol. The first-order chi connectivity index (χ1) is 5.40. The smallest absolute Gasteiger partial charge is 0.264 e. The Bertz CT molecular complexity index is 284. The summed E-state index contributed by atoms with van der Waals surface area (Å²) < 4.78 is 25.3. The van der Waals surface area contributed by atoms with Gasteiger partial charge in [-0.3, -0.25) is 14.3 Å². The highest BCUT2D eigenvalue weighted by atomic mass is 32.2. The average Bonchev–Trinajstić information content (AvgIpc) is 2.59. The fourth-order valence-corrected chi connectivity index (χ4v) is 1.30. The molecule has 0 radical (unpaired) electrons. The van der Waals surface area contributed by atoms with Crippen molar-refractivity contribution >= 4 is 10.1 Å². The maximum Gasteiger partial charge on any atom is 0.264 e. The van der Waals surface area contributed by atoms with Gasteiger partial charge in [0.05, 0.1) is 18.8 Å². The van der Waals surface area contributed by atoms with Crippen LogP contribution in [-0.2, 0) is 14.3 Å². The van der Waals surface area contributed by atoms with E-state index in [4.69, 9.17) is 0 Å². The fourth-order valence-electron chi connectivity index (χ4n) is 0.880. The molecule has 0 aromatic carbocycles. The summed E-state index contributed by atoms with van der Waals surface area (Å²) in [5, 5.41) is 10.1. The first-order valence-corrected chi connectivity index (χ1v) is 5.19. The number of nitrogens with zero attached hydrogens (tertiary/aromatic N) is 1. The van der Waals surface area contributed by atoms with E-state index in [-0.39, 0.29) is 12.5 Å². The Kier molecular flexibility index (Phi) is 2.34. The summed E-state index contributed by atoms with van der Waals surface area (Å²) in [5.74, 6) is -0.227. The van der Waals surface area contributed by atoms with Crippen LogP contribution in [0.4, 0.5) is 0 Å². The van der Waals surface area contributed by atoms with Crippen molar-refractivity contribution < 1.29 is 17.5 Å². The lowest BCUT2D eigenvalue weighted by molar-refractivity contribution is -0.498. The molecular formula is C5H9NO5S. The Morgan fingerprint density at radius 3 is 2.58 bits per heavy atom. The summed E-state index contributed by atoms with van der Waals surface area (Å²) in [4.78, 5) is 9.69. The van der Waals surface area contributed by atoms with Crippen molar-refractivity contribution in [3.05, 3.63) is 10.1 Å². The van der Waals surface area contributed by atoms with Gasteiger partial charge in [-0.25, -0.2) is 0 Å². The number of hydrogen-bond acceptors (Lipinski definition) is 5. The van der Waals surface area contributed by atoms with Crippen molar-refractivity contribution in [1.82, 2.24) is 0 Å². The largest absolute Gasteiger partial charge is 0.270 e. The van der Waals surface area contributed by atoms with Crippen LogP contribution in [0.15, 0.2) is 0 Å². The van der Waals surface area contributed by atoms with Gasteiger partial charge in [-0.15, -0.1) is 0 Å². The quantitative estimate of drug-likeness (QED) is 0.347. The molecule has 1 aliphatic carbocycles. The second-order valence-corrected chi connectivity index (χ2v) is 4.48. The molecule has 12 heavy (non-hydrogen) atoms. The number of hydrogen-bond donors (Lipinski definition) is 0. The third kappa shape index (κ3) is 2.74. The van der Waals surface area contributed by atoms with Crippen molar-refractivity contribution in [2.24, 2.45) is 5.92 Å². The molecule has 0 saturated heterocycles. The molecule has 0 N–H and O–H groups in total. The van der Waals surface area contributed by atoms with Crippen molar-refractivity contribution in [3.8, 4) is 0 Å². The lowest BCUT2D eigenvalue weighted by atomic mass is 10.4. The zero-order valence-electron chi connectivity index (χ0n) is 6.47. The Hall–Kier alpha value is -0.690. The van der Waals surface area contributed by atoms with Crippen LogP contribution in [0.25, 0.3) is 0 Å². The molecule has 0 spiro atoms. The van der Waals surface area contributed by atoms with Crippen molar-refractivity contribution in [1.29, 1.82) is 0 Å². The predicted octanol–water partition coefficient (Wildman–Crippen LogP) is -0.372. The summed E-state index contributed by atoms with van der Waals surface area (Å²) in [7, 11) is -3.45. The van der Waals surface area contributed by atoms with Gasteiger partial charge < -0.3 is 0 Å². The van der Waals surface area contributed by atoms with Crippen LogP contribution < -0.4 is 0 Å². The molecule has 1 rings (SSSR count). The highest BCUT2D eigenvalue weighted by molar-refractivity contribution is 7.85. The zero-order valence-corrected chi connectivity index (χ0v) is 7.28. The third-order valence-corrected chi connectivity index (χ3v) is 2.22. The molecule has 0 aromatic rings. The Morgan fingerprint density at radius 2 is 2.25 bits per heavy atom. The highest BCUT2D eigenvalue weighted by Gasteiger charge is 2.48. The third-order valence-electron chi connectivity index (χ3n) is 1.65. The molecule has 70 valence electrons. The van der Waals surface area contributed by atoms with Gasteiger partial charge >= 0.3 is 0 Å². The van der Waals surface area contributed by atoms with E-state index in [9.17, 15) is 18.5 Å². The summed E-state index contributed by atoms with van der Waals surface area (Å²) >= 11 is 0. The molecule has 0 amide bonds. The molecule has 2 atom stereocenters. The number of nitro groups is 1. The fraction of sp³-hybridized carbons (Fsp3) is 1.00. The van der Waals surface area contributed by atoms with Crippen molar-refractivity contribution in [2.45, 2.75) is 12.5 Å². The van der Waals surface area contributed by atoms with Gasteiger partial charge in [-0.05, 0) is 0 Å². The Balaban J connectivity index is 2.25. The SMILES string of the molecule is CS(=O)(=O)OC[C@@H]1CC1[N+](=O)[O-]. The standard InChI is InChI=1S/C5H9NO5S/c1-12(9,10)11-3-4-2-5(4)6(7)8/h4-5H,2-3H2,1H3/t4-,5?/m0/s1. The van der Waals surface area contributed by atoms with Crippen LogP contribution in [0, 0.1) is 16.0 Å². The summed E-state index contributed by atoms with van der Waals surface area (Å²) in [5.41, 5.74) is 0. The van der Waals surface area contributed by atoms with Crippen LogP contribution >= 0.6 is 0 Å². The Morgan fingerprint density at radius 1 is 1.67 bits per heavy atom. The molecular weight excluding hydrogens is 186 g/mol. The molecule has 0 bridgehead atoms. The second-order valence-electron chi connectivity index (χ2n) is 2.84. The lowest BCUT2D eigenvalue weighted by Gasteiger charge is -1.96. The maximum atomic E-state index is 10.4. The first-order valence-electron chi connectivity index (χ1n) is 3.38. The van der Waals surface area contributed by atoms with Crippen LogP contribution in [-0.4, -0.2) is 32.2 Å². The van der Waals surface area contributed by atoms with E-state index in [0.29, 0.717) is 6.42 Å². The van der Waals surface area contributed by atoms with Gasteiger partial charge in [0, 0.05) is 11.3 Å². The molecule has 1 saturated carbocycles. The average molecular weight is 195 g/mol. The van der Waals surface area contributed by atoms with Crippen molar-refractivity contribution in [2.75, 3.05) is 12.9 Å². The van der Waals surface area contributed by atoms with E-state index >= 15 is 0 Å². The minimum Gasteiger partial charge on any atom is -0.270 e. The van der Waals surface area contributed by atoms with E-state index in [1.165, 1.54) is 0 Å². The molecule has 7 heteroatoms. The van der Waals surface area contributed by atoms with Crippen LogP contribution in [0.1, 0.15) is 6.42 Å². The summed E-state index contributed by atoms with van der Waals surface area (Å²) in [6.45, 7) is -0.0650. The van der Waals surface area contributed by atoms with Crippen LogP contribution in [0.5, 0.6) is 0 Å². The van der Waals surface area contributed by atoms with Gasteiger partial charge in [0.15, 0.2) is 0 Å². The van der Waals surface area contributed by atoms with Gasteiger partial charge in [0.1, 0.15) is 0 Å². The van der Waals surface area contributed by atoms with E-state index in [2.05, 4.69) is 4.18 Å². The molecule has 0 aliphatic heterocycles. The number of rotatable bonds is 4. The summed E-state index contributed by atoms with van der Waals surface area (Å²) in [6.07, 6.45) is 1.35. The normalized spacial score (nSPS) is 28.4. The van der Waals surface area contributed by atoms with Gasteiger partial charge in [0.2, 0.25) is 6.04 Å². The van der Waals surface area contributed by atoms with E-state index in [0.717, 1.165) is 6.26 Å². The predicted molar refractivity (Wildman–Crippen MR) is 39.7 cm³/mol. The maximum absolute atomic E-state index is 10.4. The van der Waals surface area contributed by atoms with Gasteiger partial charge in [-0.1, -0.05) is 0 Å². The molecule has 6 nitrogen and oxygen atoms in total. The zero-order chi connectivity index (χ0) is 9.35. The van der Waals surface area contributed by atoms with Gasteiger partial charge in [0.25, 0.3) is 10.1 Å². The topological polar surface area (TPSA) is 86.5 Å². The second kappa shape index (κ2) is 2.98. The minimum absolute atomic E-state index is 0.0650. The minimum atomic E-state index is -3.45. The first kappa shape index (κ1) is 9.40. The highest BCUT2D eigenvalue weighted by Crippen LogP contribution is 2.33. The van der Waals surface area contributed by atoms with Crippen LogP contribution in [0.2, 0.25) is 0 Å². The molecule has 1 fully saturated rings. The van der Waals surface area contributed by atoms with E-state index < -0.39 is 21.1 Å². The lowest BCUT2D eigenvalue weighted by Crippen LogP contribution is -2.10. The molecule has 1 unspecified atom stereocenters. The van der Waals surface area contributed by atoms with E-state index in [1.54, 1.807) is 0 Å². The van der Waals surface area contributed by atoms with Crippen molar-refractivity contribution in [3.63, 3.8) is 0 Å². The summed E-state index contributed by atoms with van der Waals surface area (Å²) in [6, 6.07) is -0.605. The van der Waals surface area contributed by atoms with Gasteiger partial charge in [-0.2, -0.15) is 8.42 Å². The molecule has 0 heterocycles. The Labute approximate surface area is 69.8 Å². The molecule has 1 aliphatic rings. The molecule has 0 aromatic heterocycles. The van der Waals surface area contributed by atoms with Crippen LogP contribution in [0.3, 0.4) is 0 Å².